The summed E-state index contributed by atoms with van der Waals surface area (Å²) in [7, 11) is 0. The summed E-state index contributed by atoms with van der Waals surface area (Å²) < 4.78 is 0. The number of aromatic nitrogens is 3. The Morgan fingerprint density at radius 3 is 2.62 bits per heavy atom. The lowest BCUT2D eigenvalue weighted by Gasteiger charge is -2.15. The number of hydrogen-bond acceptors (Lipinski definition) is 7. The van der Waals surface area contributed by atoms with Crippen LogP contribution in [0.25, 0.3) is 11.0 Å². The van der Waals surface area contributed by atoms with Gasteiger partial charge >= 0.3 is 0 Å². The van der Waals surface area contributed by atoms with Crippen LogP contribution in [0.15, 0.2) is 12.5 Å². The molecule has 3 rings (SSSR count). The largest absolute Gasteiger partial charge is 0.395 e. The number of anilines is 1. The number of nitrogens with zero attached hydrogens (tertiary/aromatic N) is 2. The van der Waals surface area contributed by atoms with Crippen LogP contribution < -0.4 is 10.6 Å². The molecule has 2 aromatic heterocycles. The minimum absolute atomic E-state index is 0.0896. The maximum atomic E-state index is 12.4. The normalized spacial score (nSPS) is 25.9. The van der Waals surface area contributed by atoms with E-state index in [0.717, 1.165) is 12.8 Å². The van der Waals surface area contributed by atoms with E-state index in [1.54, 1.807) is 6.20 Å². The monoisotopic (exact) mass is 363 g/mol. The average molecular weight is 363 g/mol. The van der Waals surface area contributed by atoms with Crippen LogP contribution in [0.4, 0.5) is 5.82 Å². The van der Waals surface area contributed by atoms with E-state index < -0.39 is 24.3 Å². The topological polar surface area (TPSA) is 143 Å². The number of aliphatic hydroxyl groups excluding tert-OH is 3. The van der Waals surface area contributed by atoms with Gasteiger partial charge in [0.05, 0.1) is 30.3 Å². The van der Waals surface area contributed by atoms with Crippen molar-refractivity contribution in [2.24, 2.45) is 5.92 Å². The maximum Gasteiger partial charge on any atom is 0.228 e. The molecule has 0 unspecified atom stereocenters. The van der Waals surface area contributed by atoms with Crippen molar-refractivity contribution in [3.63, 3.8) is 0 Å². The highest BCUT2D eigenvalue weighted by Crippen LogP contribution is 2.33. The smallest absolute Gasteiger partial charge is 0.228 e. The van der Waals surface area contributed by atoms with Crippen LogP contribution in [0.5, 0.6) is 0 Å². The van der Waals surface area contributed by atoms with Crippen molar-refractivity contribution in [1.82, 2.24) is 20.3 Å². The molecular formula is C17H25N5O4. The molecule has 0 bridgehead atoms. The van der Waals surface area contributed by atoms with Crippen LogP contribution in [-0.2, 0) is 4.79 Å². The number of amides is 1. The number of carbonyl (C=O) groups is 1. The Kier molecular flexibility index (Phi) is 5.52. The fraction of sp³-hybridized carbons (Fsp3) is 0.588. The van der Waals surface area contributed by atoms with Gasteiger partial charge in [0, 0.05) is 17.7 Å². The Balaban J connectivity index is 1.91. The molecule has 1 aliphatic rings. The number of nitrogens with one attached hydrogen (secondary N) is 3. The first-order chi connectivity index (χ1) is 12.5. The van der Waals surface area contributed by atoms with Crippen molar-refractivity contribution >= 4 is 22.8 Å². The fourth-order valence-electron chi connectivity index (χ4n) is 3.47. The van der Waals surface area contributed by atoms with E-state index in [9.17, 15) is 20.1 Å². The van der Waals surface area contributed by atoms with E-state index in [0.29, 0.717) is 22.4 Å². The zero-order valence-corrected chi connectivity index (χ0v) is 14.8. The summed E-state index contributed by atoms with van der Waals surface area (Å²) in [6, 6.07) is -1.20. The summed E-state index contributed by atoms with van der Waals surface area (Å²) in [6.45, 7) is 3.64. The van der Waals surface area contributed by atoms with Crippen LogP contribution in [-0.4, -0.2) is 61.0 Å². The summed E-state index contributed by atoms with van der Waals surface area (Å²) in [4.78, 5) is 23.8. The Morgan fingerprint density at radius 2 is 2.00 bits per heavy atom. The molecule has 6 N–H and O–H groups in total. The van der Waals surface area contributed by atoms with Gasteiger partial charge in [-0.15, -0.1) is 0 Å². The van der Waals surface area contributed by atoms with Gasteiger partial charge in [-0.1, -0.05) is 13.8 Å². The molecule has 9 nitrogen and oxygen atoms in total. The number of aromatic amines is 1. The first-order valence-electron chi connectivity index (χ1n) is 8.87. The van der Waals surface area contributed by atoms with E-state index in [1.165, 1.54) is 6.33 Å². The van der Waals surface area contributed by atoms with Gasteiger partial charge in [-0.3, -0.25) is 4.79 Å². The van der Waals surface area contributed by atoms with Crippen molar-refractivity contribution in [3.8, 4) is 0 Å². The van der Waals surface area contributed by atoms with E-state index in [2.05, 4.69) is 25.6 Å². The van der Waals surface area contributed by atoms with Gasteiger partial charge in [0.25, 0.3) is 0 Å². The molecule has 0 aromatic carbocycles. The first kappa shape index (κ1) is 18.7. The number of rotatable bonds is 6. The Bertz CT molecular complexity index is 776. The second kappa shape index (κ2) is 7.67. The number of fused-ring (bicyclic) bond motifs is 1. The molecular weight excluding hydrogens is 338 g/mol. The van der Waals surface area contributed by atoms with Crippen molar-refractivity contribution < 1.29 is 20.1 Å². The summed E-state index contributed by atoms with van der Waals surface area (Å²) >= 11 is 0. The average Bonchev–Trinajstić information content (AvgIpc) is 3.18. The molecule has 0 spiro atoms. The third-order valence-corrected chi connectivity index (χ3v) is 5.12. The number of carbonyl (C=O) groups excluding carboxylic acids is 1. The molecule has 1 aliphatic heterocycles. The van der Waals surface area contributed by atoms with Crippen molar-refractivity contribution in [3.05, 3.63) is 18.1 Å². The Morgan fingerprint density at radius 1 is 1.27 bits per heavy atom. The van der Waals surface area contributed by atoms with E-state index in [-0.39, 0.29) is 18.4 Å². The zero-order valence-electron chi connectivity index (χ0n) is 14.8. The highest BCUT2D eigenvalue weighted by Gasteiger charge is 2.42. The quantitative estimate of drug-likeness (QED) is 0.426. The fourth-order valence-corrected chi connectivity index (χ4v) is 3.47. The summed E-state index contributed by atoms with van der Waals surface area (Å²) in [5.74, 6) is 0.194. The van der Waals surface area contributed by atoms with Crippen LogP contribution in [0.3, 0.4) is 0 Å². The predicted octanol–water partition coefficient (Wildman–Crippen LogP) is 0.0596. The second-order valence-electron chi connectivity index (χ2n) is 6.61. The molecule has 1 amide bonds. The lowest BCUT2D eigenvalue weighted by atomic mass is 10.0. The van der Waals surface area contributed by atoms with E-state index >= 15 is 0 Å². The van der Waals surface area contributed by atoms with Gasteiger partial charge in [-0.25, -0.2) is 9.97 Å². The standard InChI is InChI=1S/C17H25N5O4/c1-3-8(4-2)17(26)22-16-13-11(19-7-20-16)9(5-18-13)12-15(25)14(24)10(6-23)21-12/h5,7-8,10,12,14-15,18,21,23-25H,3-4,6H2,1-2H3,(H,19,20,22,26)/t10-,12+,14-,15+/m1/s1. The van der Waals surface area contributed by atoms with Gasteiger partial charge in [0.1, 0.15) is 17.9 Å². The molecule has 1 saturated heterocycles. The lowest BCUT2D eigenvalue weighted by molar-refractivity contribution is -0.120. The molecule has 3 heterocycles. The molecule has 9 heteroatoms. The first-order valence-corrected chi connectivity index (χ1v) is 8.87. The van der Waals surface area contributed by atoms with Gasteiger partial charge in [-0.05, 0) is 12.8 Å². The number of hydrogen-bond donors (Lipinski definition) is 6. The molecule has 1 fully saturated rings. The molecule has 0 radical (unpaired) electrons. The molecule has 142 valence electrons. The highest BCUT2D eigenvalue weighted by atomic mass is 16.3. The summed E-state index contributed by atoms with van der Waals surface area (Å²) in [5.41, 5.74) is 1.74. The van der Waals surface area contributed by atoms with Crippen molar-refractivity contribution in [2.45, 2.75) is 51.0 Å². The van der Waals surface area contributed by atoms with E-state index in [1.807, 2.05) is 13.8 Å². The van der Waals surface area contributed by atoms with Gasteiger partial charge < -0.3 is 30.9 Å². The number of H-pyrrole nitrogens is 1. The minimum Gasteiger partial charge on any atom is -0.395 e. The molecule has 26 heavy (non-hydrogen) atoms. The molecule has 0 saturated carbocycles. The summed E-state index contributed by atoms with van der Waals surface area (Å²) in [5, 5.41) is 35.5. The van der Waals surface area contributed by atoms with Crippen molar-refractivity contribution in [2.75, 3.05) is 11.9 Å². The number of aliphatic hydroxyl groups is 3. The Hall–Kier alpha value is -2.07. The molecule has 2 aromatic rings. The van der Waals surface area contributed by atoms with E-state index in [4.69, 9.17) is 0 Å². The lowest BCUT2D eigenvalue weighted by Crippen LogP contribution is -2.35. The zero-order chi connectivity index (χ0) is 18.8. The van der Waals surface area contributed by atoms with Crippen LogP contribution in [0.1, 0.15) is 38.3 Å². The Labute approximate surface area is 150 Å². The van der Waals surface area contributed by atoms with Gasteiger partial charge in [-0.2, -0.15) is 0 Å². The minimum atomic E-state index is -1.08. The van der Waals surface area contributed by atoms with Gasteiger partial charge in [0.2, 0.25) is 5.91 Å². The maximum absolute atomic E-state index is 12.4. The van der Waals surface area contributed by atoms with Crippen LogP contribution >= 0.6 is 0 Å². The SMILES string of the molecule is CCC(CC)C(=O)Nc1ncnc2c([C@@H]3N[C@H](CO)[C@@H](O)[C@H]3O)c[nH]c12. The second-order valence-corrected chi connectivity index (χ2v) is 6.61. The predicted molar refractivity (Wildman–Crippen MR) is 95.4 cm³/mol. The highest BCUT2D eigenvalue weighted by molar-refractivity contribution is 5.99. The molecule has 4 atom stereocenters. The van der Waals surface area contributed by atoms with Crippen LogP contribution in [0, 0.1) is 5.92 Å². The van der Waals surface area contributed by atoms with Crippen LogP contribution in [0.2, 0.25) is 0 Å². The molecule has 0 aliphatic carbocycles. The van der Waals surface area contributed by atoms with Crippen molar-refractivity contribution in [1.29, 1.82) is 0 Å². The third-order valence-electron chi connectivity index (χ3n) is 5.12. The summed E-state index contributed by atoms with van der Waals surface area (Å²) in [6.07, 6.45) is 2.34. The third kappa shape index (κ3) is 3.18. The van der Waals surface area contributed by atoms with Gasteiger partial charge in [0.15, 0.2) is 5.82 Å².